The van der Waals surface area contributed by atoms with Crippen molar-refractivity contribution in [2.45, 2.75) is 50.6 Å². The van der Waals surface area contributed by atoms with E-state index in [-0.39, 0.29) is 0 Å². The zero-order chi connectivity index (χ0) is 23.4. The van der Waals surface area contributed by atoms with Gasteiger partial charge in [0, 0.05) is 16.4 Å². The maximum absolute atomic E-state index is 6.59. The first-order chi connectivity index (χ1) is 16.0. The van der Waals surface area contributed by atoms with Crippen molar-refractivity contribution in [2.75, 3.05) is 0 Å². The largest absolute Gasteiger partial charge is 0.214 e. The SMILES string of the molecule is CCCC[n+]1cc(Cl)c(CC)n1Cc1ccc(-c2ccccc2-c2nnn(C)n2)cc1CI. The Morgan fingerprint density at radius 3 is 2.52 bits per heavy atom. The van der Waals surface area contributed by atoms with Gasteiger partial charge in [-0.2, -0.15) is 9.48 Å². The van der Waals surface area contributed by atoms with Gasteiger partial charge in [0.15, 0.2) is 6.54 Å². The molecule has 0 bridgehead atoms. The molecule has 0 N–H and O–H groups in total. The molecule has 0 aliphatic rings. The van der Waals surface area contributed by atoms with Crippen LogP contribution in [0.3, 0.4) is 0 Å². The zero-order valence-corrected chi connectivity index (χ0v) is 22.2. The Morgan fingerprint density at radius 2 is 1.85 bits per heavy atom. The van der Waals surface area contributed by atoms with Gasteiger partial charge in [0.2, 0.25) is 12.0 Å². The fourth-order valence-corrected chi connectivity index (χ4v) is 5.21. The minimum atomic E-state index is 0.639. The summed E-state index contributed by atoms with van der Waals surface area (Å²) in [6.07, 6.45) is 5.29. The predicted molar refractivity (Wildman–Crippen MR) is 140 cm³/mol. The lowest BCUT2D eigenvalue weighted by molar-refractivity contribution is -0.775. The van der Waals surface area contributed by atoms with Crippen LogP contribution < -0.4 is 4.68 Å². The van der Waals surface area contributed by atoms with Crippen LogP contribution in [0.1, 0.15) is 43.5 Å². The second-order valence-corrected chi connectivity index (χ2v) is 9.29. The van der Waals surface area contributed by atoms with Crippen LogP contribution in [0.25, 0.3) is 22.5 Å². The Bertz CT molecular complexity index is 1250. The standard InChI is InChI=1S/C25H29ClIN6/c1-4-6-13-32-17-23(26)24(5-2)33(32)16-19-12-11-18(14-20(19)15-27)21-9-7-8-10-22(21)25-28-30-31(3)29-25/h7-12,14,17H,4-6,13,15-16H2,1-3H3/q+1. The summed E-state index contributed by atoms with van der Waals surface area (Å²) in [6, 6.07) is 15.0. The van der Waals surface area contributed by atoms with Gasteiger partial charge in [-0.25, -0.2) is 0 Å². The third-order valence-electron chi connectivity index (χ3n) is 5.89. The first kappa shape index (κ1) is 23.9. The highest BCUT2D eigenvalue weighted by Crippen LogP contribution is 2.32. The minimum Gasteiger partial charge on any atom is -0.167 e. The number of benzene rings is 2. The van der Waals surface area contributed by atoms with Gasteiger partial charge in [0.1, 0.15) is 17.3 Å². The highest BCUT2D eigenvalue weighted by atomic mass is 127. The number of aryl methyl sites for hydroxylation is 2. The monoisotopic (exact) mass is 575 g/mol. The van der Waals surface area contributed by atoms with Crippen molar-refractivity contribution in [1.82, 2.24) is 24.9 Å². The van der Waals surface area contributed by atoms with Crippen LogP contribution >= 0.6 is 34.2 Å². The molecule has 8 heteroatoms. The molecule has 0 fully saturated rings. The van der Waals surface area contributed by atoms with Crippen molar-refractivity contribution in [3.63, 3.8) is 0 Å². The summed E-state index contributed by atoms with van der Waals surface area (Å²) in [5.41, 5.74) is 7.09. The van der Waals surface area contributed by atoms with Gasteiger partial charge < -0.3 is 0 Å². The molecular formula is C25H29ClIN6+. The molecule has 0 spiro atoms. The topological polar surface area (TPSA) is 52.4 Å². The maximum Gasteiger partial charge on any atom is 0.214 e. The van der Waals surface area contributed by atoms with Gasteiger partial charge in [-0.1, -0.05) is 96.9 Å². The molecule has 0 aliphatic heterocycles. The first-order valence-corrected chi connectivity index (χ1v) is 13.2. The summed E-state index contributed by atoms with van der Waals surface area (Å²) in [7, 11) is 1.78. The Morgan fingerprint density at radius 1 is 1.06 bits per heavy atom. The summed E-state index contributed by atoms with van der Waals surface area (Å²) in [4.78, 5) is 1.49. The minimum absolute atomic E-state index is 0.639. The average molecular weight is 576 g/mol. The van der Waals surface area contributed by atoms with Crippen LogP contribution in [-0.2, 0) is 31.0 Å². The van der Waals surface area contributed by atoms with Gasteiger partial charge in [-0.05, 0) is 33.9 Å². The molecule has 6 nitrogen and oxygen atoms in total. The van der Waals surface area contributed by atoms with Crippen molar-refractivity contribution >= 4 is 34.2 Å². The summed E-state index contributed by atoms with van der Waals surface area (Å²) < 4.78 is 5.56. The molecular weight excluding hydrogens is 547 g/mol. The Labute approximate surface area is 213 Å². The summed E-state index contributed by atoms with van der Waals surface area (Å²) in [5.74, 6) is 0.639. The van der Waals surface area contributed by atoms with Crippen LogP contribution in [0.15, 0.2) is 48.7 Å². The molecule has 2 heterocycles. The number of aromatic nitrogens is 6. The quantitative estimate of drug-likeness (QED) is 0.148. The second kappa shape index (κ2) is 10.8. The molecule has 0 amide bonds. The first-order valence-electron chi connectivity index (χ1n) is 11.3. The molecule has 0 saturated heterocycles. The van der Waals surface area contributed by atoms with E-state index in [0.717, 1.165) is 58.5 Å². The molecule has 0 aliphatic carbocycles. The Balaban J connectivity index is 1.72. The number of unbranched alkanes of at least 4 members (excludes halogenated alkanes) is 1. The van der Waals surface area contributed by atoms with E-state index in [0.29, 0.717) is 5.82 Å². The Hall–Kier alpha value is -2.26. The molecule has 2 aromatic carbocycles. The van der Waals surface area contributed by atoms with E-state index in [1.807, 2.05) is 6.07 Å². The normalized spacial score (nSPS) is 11.3. The molecule has 0 unspecified atom stereocenters. The van der Waals surface area contributed by atoms with Gasteiger partial charge in [0.05, 0.1) is 7.05 Å². The smallest absolute Gasteiger partial charge is 0.167 e. The van der Waals surface area contributed by atoms with Crippen LogP contribution in [0.5, 0.6) is 0 Å². The molecule has 0 radical (unpaired) electrons. The molecule has 172 valence electrons. The van der Waals surface area contributed by atoms with Crippen molar-refractivity contribution in [3.05, 3.63) is 70.5 Å². The van der Waals surface area contributed by atoms with E-state index in [1.54, 1.807) is 7.05 Å². The molecule has 33 heavy (non-hydrogen) atoms. The van der Waals surface area contributed by atoms with E-state index in [9.17, 15) is 0 Å². The van der Waals surface area contributed by atoms with Crippen molar-refractivity contribution in [1.29, 1.82) is 0 Å². The number of rotatable bonds is 9. The van der Waals surface area contributed by atoms with Crippen molar-refractivity contribution in [3.8, 4) is 22.5 Å². The third-order valence-corrected chi connectivity index (χ3v) is 7.03. The number of halogens is 2. The molecule has 2 aromatic heterocycles. The molecule has 4 aromatic rings. The Kier molecular flexibility index (Phi) is 7.80. The lowest BCUT2D eigenvalue weighted by Gasteiger charge is -2.13. The summed E-state index contributed by atoms with van der Waals surface area (Å²) >= 11 is 9.05. The maximum atomic E-state index is 6.59. The van der Waals surface area contributed by atoms with Crippen molar-refractivity contribution in [2.24, 2.45) is 7.05 Å². The molecule has 4 rings (SSSR count). The number of hydrogen-bond donors (Lipinski definition) is 0. The highest BCUT2D eigenvalue weighted by Gasteiger charge is 2.21. The average Bonchev–Trinajstić information content (AvgIpc) is 3.40. The molecule has 0 atom stereocenters. The van der Waals surface area contributed by atoms with E-state index in [2.05, 4.69) is 104 Å². The summed E-state index contributed by atoms with van der Waals surface area (Å²) in [6.45, 7) is 6.18. The summed E-state index contributed by atoms with van der Waals surface area (Å²) in [5, 5.41) is 13.5. The van der Waals surface area contributed by atoms with Crippen LogP contribution in [0, 0.1) is 0 Å². The van der Waals surface area contributed by atoms with Crippen LogP contribution in [0.4, 0.5) is 0 Å². The zero-order valence-electron chi connectivity index (χ0n) is 19.3. The van der Waals surface area contributed by atoms with E-state index in [4.69, 9.17) is 11.6 Å². The van der Waals surface area contributed by atoms with Gasteiger partial charge in [-0.3, -0.25) is 0 Å². The fourth-order valence-electron chi connectivity index (χ4n) is 4.15. The van der Waals surface area contributed by atoms with Crippen LogP contribution in [0.2, 0.25) is 5.02 Å². The molecule has 0 saturated carbocycles. The van der Waals surface area contributed by atoms with Crippen molar-refractivity contribution < 1.29 is 4.68 Å². The number of hydrogen-bond acceptors (Lipinski definition) is 3. The second-order valence-electron chi connectivity index (χ2n) is 8.12. The predicted octanol–water partition coefficient (Wildman–Crippen LogP) is 5.63. The lowest BCUT2D eigenvalue weighted by atomic mass is 9.96. The number of alkyl halides is 1. The highest BCUT2D eigenvalue weighted by molar-refractivity contribution is 14.1. The number of nitrogens with zero attached hydrogens (tertiary/aromatic N) is 6. The number of tetrazole rings is 1. The van der Waals surface area contributed by atoms with E-state index >= 15 is 0 Å². The third kappa shape index (κ3) is 5.14. The van der Waals surface area contributed by atoms with E-state index < -0.39 is 0 Å². The fraction of sp³-hybridized carbons (Fsp3) is 0.360. The van der Waals surface area contributed by atoms with E-state index in [1.165, 1.54) is 21.6 Å². The van der Waals surface area contributed by atoms with Gasteiger partial charge in [0.25, 0.3) is 0 Å². The van der Waals surface area contributed by atoms with Gasteiger partial charge in [-0.15, -0.1) is 14.9 Å². The lowest BCUT2D eigenvalue weighted by Crippen LogP contribution is -2.43. The van der Waals surface area contributed by atoms with Gasteiger partial charge >= 0.3 is 0 Å². The van der Waals surface area contributed by atoms with Crippen LogP contribution in [-0.4, -0.2) is 24.9 Å².